The van der Waals surface area contributed by atoms with Gasteiger partial charge >= 0.3 is 21.9 Å². The number of amides is 2. The van der Waals surface area contributed by atoms with Crippen LogP contribution in [0.25, 0.3) is 0 Å². The summed E-state index contributed by atoms with van der Waals surface area (Å²) in [5.41, 5.74) is -0.260. The highest BCUT2D eigenvalue weighted by atomic mass is 32.2. The molecule has 2 rings (SSSR count). The van der Waals surface area contributed by atoms with Crippen molar-refractivity contribution < 1.29 is 32.4 Å². The van der Waals surface area contributed by atoms with Gasteiger partial charge in [-0.1, -0.05) is 12.1 Å². The van der Waals surface area contributed by atoms with Crippen LogP contribution in [-0.2, 0) is 10.1 Å². The van der Waals surface area contributed by atoms with E-state index in [1.165, 1.54) is 24.3 Å². The van der Waals surface area contributed by atoms with Crippen molar-refractivity contribution in [1.82, 2.24) is 0 Å². The minimum Gasteiger partial charge on any atom is -0.278 e. The summed E-state index contributed by atoms with van der Waals surface area (Å²) in [7, 11) is -4.94. The van der Waals surface area contributed by atoms with E-state index >= 15 is 0 Å². The molecule has 1 aromatic carbocycles. The van der Waals surface area contributed by atoms with Crippen LogP contribution in [0.5, 0.6) is 0 Å². The normalized spacial score (nSPS) is 17.7. The predicted molar refractivity (Wildman–Crippen MR) is 57.8 cm³/mol. The van der Waals surface area contributed by atoms with Gasteiger partial charge in [-0.2, -0.15) is 13.6 Å². The van der Waals surface area contributed by atoms with Crippen molar-refractivity contribution in [3.8, 4) is 0 Å². The van der Waals surface area contributed by atoms with Crippen LogP contribution in [0.1, 0.15) is 20.7 Å². The Kier molecular flexibility index (Phi) is 2.49. The highest BCUT2D eigenvalue weighted by Gasteiger charge is 2.60. The third kappa shape index (κ3) is 1.44. The number of imide groups is 1. The van der Waals surface area contributed by atoms with Gasteiger partial charge in [0.15, 0.2) is 0 Å². The van der Waals surface area contributed by atoms with E-state index in [-0.39, 0.29) is 11.1 Å². The summed E-state index contributed by atoms with van der Waals surface area (Å²) < 4.78 is 28.5. The first-order valence-corrected chi connectivity index (χ1v) is 6.12. The van der Waals surface area contributed by atoms with Gasteiger partial charge in [0.2, 0.25) is 0 Å². The smallest absolute Gasteiger partial charge is 0.278 e. The second-order valence-corrected chi connectivity index (χ2v) is 5.08. The number of rotatable bonds is 2. The monoisotopic (exact) mass is 270 g/mol. The first-order valence-electron chi connectivity index (χ1n) is 4.68. The molecule has 0 bridgehead atoms. The number of hydroxylamine groups is 3. The lowest BCUT2D eigenvalue weighted by Gasteiger charge is -2.17. The fraction of sp³-hybridized carbons (Fsp3) is 0. The molecule has 8 heteroatoms. The van der Waals surface area contributed by atoms with Crippen LogP contribution in [0.3, 0.4) is 0 Å². The number of carbonyl (C=O) groups is 2. The zero-order valence-electron chi connectivity index (χ0n) is 8.90. The average molecular weight is 270 g/mol. The first-order chi connectivity index (χ1) is 8.20. The number of quaternary nitrogens is 1. The van der Waals surface area contributed by atoms with E-state index in [0.717, 1.165) is 0 Å². The van der Waals surface area contributed by atoms with Crippen LogP contribution >= 0.6 is 0 Å². The molecular weight excluding hydrogens is 262 g/mol. The van der Waals surface area contributed by atoms with Gasteiger partial charge in [-0.05, 0) is 23.4 Å². The van der Waals surface area contributed by atoms with Crippen LogP contribution in [0.4, 0.5) is 0 Å². The Morgan fingerprint density at radius 2 is 1.50 bits per heavy atom. The van der Waals surface area contributed by atoms with E-state index in [2.05, 4.69) is 6.58 Å². The Labute approximate surface area is 102 Å². The average Bonchev–Trinajstić information content (AvgIpc) is 2.51. The summed E-state index contributed by atoms with van der Waals surface area (Å²) in [5.74, 6) is -2.34. The molecular formula is C10H8NO6S+. The number of hydrogen-bond donors (Lipinski definition) is 2. The molecule has 0 aliphatic carbocycles. The van der Waals surface area contributed by atoms with Gasteiger partial charge in [0.1, 0.15) is 11.1 Å². The van der Waals surface area contributed by atoms with Gasteiger partial charge in [-0.15, -0.1) is 0 Å². The first kappa shape index (κ1) is 12.6. The molecule has 0 radical (unpaired) electrons. The quantitative estimate of drug-likeness (QED) is 0.351. The van der Waals surface area contributed by atoms with Crippen molar-refractivity contribution in [2.75, 3.05) is 0 Å². The van der Waals surface area contributed by atoms with Gasteiger partial charge in [-0.25, -0.2) is 9.59 Å². The van der Waals surface area contributed by atoms with E-state index in [1.54, 1.807) is 0 Å². The molecule has 1 aromatic rings. The lowest BCUT2D eigenvalue weighted by molar-refractivity contribution is -0.926. The standard InChI is InChI=1S/C10H7NO6S/c1-6(18(15,16)17)11(14)9(12)7-4-2-3-5-8(7)10(11)13/h2-5,14H,1H2/p+1. The Bertz CT molecular complexity index is 655. The Balaban J connectivity index is 2.68. The summed E-state index contributed by atoms with van der Waals surface area (Å²) in [4.78, 5) is 23.8. The topological polar surface area (TPSA) is 109 Å². The molecule has 2 N–H and O–H groups in total. The molecule has 7 nitrogen and oxygen atoms in total. The number of benzene rings is 1. The summed E-state index contributed by atoms with van der Waals surface area (Å²) in [6, 6.07) is 5.44. The van der Waals surface area contributed by atoms with E-state index in [0.29, 0.717) is 0 Å². The molecule has 0 saturated carbocycles. The second kappa shape index (κ2) is 3.56. The second-order valence-electron chi connectivity index (χ2n) is 3.66. The number of nitrogens with zero attached hydrogens (tertiary/aromatic N) is 1. The molecule has 1 aliphatic heterocycles. The number of carbonyl (C=O) groups excluding carboxylic acids is 2. The largest absolute Gasteiger partial charge is 0.392 e. The summed E-state index contributed by atoms with van der Waals surface area (Å²) in [6.45, 7) is 2.91. The zero-order chi connectivity index (χ0) is 13.7. The fourth-order valence-corrected chi connectivity index (χ4v) is 2.19. The van der Waals surface area contributed by atoms with Crippen LogP contribution in [0.2, 0.25) is 0 Å². The molecule has 0 spiro atoms. The predicted octanol–water partition coefficient (Wildman–Crippen LogP) is 0.546. The Morgan fingerprint density at radius 1 is 1.11 bits per heavy atom. The molecule has 18 heavy (non-hydrogen) atoms. The molecule has 1 aliphatic rings. The molecule has 1 heterocycles. The summed E-state index contributed by atoms with van der Waals surface area (Å²) in [5, 5.41) is 8.66. The molecule has 0 aromatic heterocycles. The van der Waals surface area contributed by atoms with Crippen molar-refractivity contribution in [1.29, 1.82) is 0 Å². The highest BCUT2D eigenvalue weighted by Crippen LogP contribution is 2.33. The Morgan fingerprint density at radius 3 is 1.83 bits per heavy atom. The molecule has 94 valence electrons. The maximum atomic E-state index is 11.9. The Hall–Kier alpha value is -1.87. The third-order valence-corrected chi connectivity index (χ3v) is 3.49. The fourth-order valence-electron chi connectivity index (χ4n) is 1.69. The third-order valence-electron chi connectivity index (χ3n) is 2.63. The van der Waals surface area contributed by atoms with Crippen molar-refractivity contribution in [3.05, 3.63) is 47.0 Å². The van der Waals surface area contributed by atoms with E-state index < -0.39 is 31.6 Å². The number of fused-ring (bicyclic) bond motifs is 1. The van der Waals surface area contributed by atoms with Crippen LogP contribution in [0.15, 0.2) is 35.9 Å². The van der Waals surface area contributed by atoms with E-state index in [9.17, 15) is 23.2 Å². The maximum absolute atomic E-state index is 11.9. The van der Waals surface area contributed by atoms with Gasteiger partial charge in [-0.3, -0.25) is 4.55 Å². The van der Waals surface area contributed by atoms with Crippen molar-refractivity contribution in [3.63, 3.8) is 0 Å². The van der Waals surface area contributed by atoms with Crippen molar-refractivity contribution >= 4 is 21.9 Å². The van der Waals surface area contributed by atoms with E-state index in [4.69, 9.17) is 4.55 Å². The SMILES string of the molecule is C=C([N+]1(O)C(=O)c2ccccc2C1=O)S(=O)(=O)O. The van der Waals surface area contributed by atoms with Crippen LogP contribution in [-0.4, -0.2) is 34.6 Å². The minimum absolute atomic E-state index is 0.130. The van der Waals surface area contributed by atoms with Gasteiger partial charge in [0.25, 0.3) is 5.03 Å². The maximum Gasteiger partial charge on any atom is 0.392 e. The molecule has 2 amide bonds. The van der Waals surface area contributed by atoms with Crippen LogP contribution < -0.4 is 0 Å². The minimum atomic E-state index is -4.94. The van der Waals surface area contributed by atoms with Crippen molar-refractivity contribution in [2.24, 2.45) is 0 Å². The summed E-state index contributed by atoms with van der Waals surface area (Å²) >= 11 is 0. The van der Waals surface area contributed by atoms with Gasteiger partial charge in [0, 0.05) is 0 Å². The summed E-state index contributed by atoms with van der Waals surface area (Å²) in [6.07, 6.45) is 0. The highest BCUT2D eigenvalue weighted by molar-refractivity contribution is 7.89. The molecule has 0 saturated heterocycles. The molecule has 0 unspecified atom stereocenters. The van der Waals surface area contributed by atoms with Crippen molar-refractivity contribution in [2.45, 2.75) is 0 Å². The van der Waals surface area contributed by atoms with Gasteiger partial charge < -0.3 is 0 Å². The lowest BCUT2D eigenvalue weighted by atomic mass is 10.1. The molecule has 0 atom stereocenters. The number of hydrogen-bond acceptors (Lipinski definition) is 5. The lowest BCUT2D eigenvalue weighted by Crippen LogP contribution is -2.50. The molecule has 0 fully saturated rings. The van der Waals surface area contributed by atoms with Crippen LogP contribution in [0, 0.1) is 0 Å². The van der Waals surface area contributed by atoms with E-state index in [1.807, 2.05) is 0 Å². The zero-order valence-corrected chi connectivity index (χ0v) is 9.72. The van der Waals surface area contributed by atoms with Gasteiger partial charge in [0.05, 0.1) is 0 Å².